The Bertz CT molecular complexity index is 87.5. The molecular formula is C4H5O3Zn-. The van der Waals surface area contributed by atoms with Crippen molar-refractivity contribution in [2.45, 2.75) is 6.92 Å². The average molecular weight is 166 g/mol. The predicted octanol–water partition coefficient (Wildman–Crippen LogP) is -0.0923. The van der Waals surface area contributed by atoms with Crippen molar-refractivity contribution in [1.29, 1.82) is 0 Å². The second-order valence-electron chi connectivity index (χ2n) is 0.966. The van der Waals surface area contributed by atoms with Crippen molar-refractivity contribution in [3.05, 3.63) is 6.92 Å². The van der Waals surface area contributed by atoms with Crippen LogP contribution in [0.2, 0.25) is 0 Å². The minimum atomic E-state index is -0.813. The number of ether oxygens (including phenoxy) is 1. The van der Waals surface area contributed by atoms with Crippen LogP contribution in [0.25, 0.3) is 0 Å². The average Bonchev–Trinajstić information content (AvgIpc) is 1.27. The zero-order chi connectivity index (χ0) is 5.86. The van der Waals surface area contributed by atoms with Gasteiger partial charge in [0.2, 0.25) is 0 Å². The van der Waals surface area contributed by atoms with Crippen molar-refractivity contribution >= 4 is 11.9 Å². The van der Waals surface area contributed by atoms with Crippen molar-refractivity contribution in [1.82, 2.24) is 0 Å². The van der Waals surface area contributed by atoms with Gasteiger partial charge in [-0.05, 0) is 0 Å². The fraction of sp³-hybridized carbons (Fsp3) is 0.250. The topological polar surface area (TPSA) is 43.4 Å². The molecule has 0 unspecified atom stereocenters. The summed E-state index contributed by atoms with van der Waals surface area (Å²) >= 11 is 0. The Morgan fingerprint density at radius 1 is 1.50 bits per heavy atom. The van der Waals surface area contributed by atoms with E-state index in [-0.39, 0.29) is 19.5 Å². The van der Waals surface area contributed by atoms with E-state index in [0.717, 1.165) is 6.92 Å². The first-order chi connectivity index (χ1) is 3.13. The normalized spacial score (nSPS) is 6.62. The molecule has 0 aliphatic rings. The first-order valence-electron chi connectivity index (χ1n) is 1.67. The second kappa shape index (κ2) is 4.78. The summed E-state index contributed by atoms with van der Waals surface area (Å²) in [5.74, 6) is -1.44. The fourth-order valence-electron chi connectivity index (χ4n) is 0.160. The maximum Gasteiger partial charge on any atom is 0.308 e. The summed E-state index contributed by atoms with van der Waals surface area (Å²) in [7, 11) is 0. The van der Waals surface area contributed by atoms with Crippen molar-refractivity contribution in [2.75, 3.05) is 0 Å². The van der Waals surface area contributed by atoms with E-state index < -0.39 is 11.9 Å². The monoisotopic (exact) mass is 165 g/mol. The third kappa shape index (κ3) is 9.16. The van der Waals surface area contributed by atoms with Crippen LogP contribution in [-0.2, 0) is 33.8 Å². The van der Waals surface area contributed by atoms with Gasteiger partial charge in [-0.1, -0.05) is 0 Å². The Labute approximate surface area is 60.2 Å². The molecule has 0 aliphatic heterocycles. The number of hydrogen-bond donors (Lipinski definition) is 0. The smallest absolute Gasteiger partial charge is 0.308 e. The molecule has 0 spiro atoms. The van der Waals surface area contributed by atoms with E-state index >= 15 is 0 Å². The minimum absolute atomic E-state index is 0. The Morgan fingerprint density at radius 2 is 1.88 bits per heavy atom. The first kappa shape index (κ1) is 10.6. The predicted molar refractivity (Wildman–Crippen MR) is 22.1 cm³/mol. The zero-order valence-electron chi connectivity index (χ0n) is 4.64. The van der Waals surface area contributed by atoms with E-state index in [1.54, 1.807) is 0 Å². The molecule has 0 aromatic carbocycles. The Kier molecular flexibility index (Phi) is 6.33. The van der Waals surface area contributed by atoms with Crippen molar-refractivity contribution in [3.8, 4) is 0 Å². The van der Waals surface area contributed by atoms with Crippen LogP contribution in [0.5, 0.6) is 0 Å². The Balaban J connectivity index is 0. The van der Waals surface area contributed by atoms with E-state index in [1.807, 2.05) is 0 Å². The summed E-state index contributed by atoms with van der Waals surface area (Å²) in [4.78, 5) is 19.5. The van der Waals surface area contributed by atoms with Crippen LogP contribution in [-0.4, -0.2) is 11.9 Å². The van der Waals surface area contributed by atoms with Crippen molar-refractivity contribution in [2.24, 2.45) is 0 Å². The molecule has 0 aromatic heterocycles. The number of rotatable bonds is 0. The van der Waals surface area contributed by atoms with Gasteiger partial charge in [0.05, 0.1) is 0 Å². The number of hydrogen-bond acceptors (Lipinski definition) is 3. The quantitative estimate of drug-likeness (QED) is 0.219. The van der Waals surface area contributed by atoms with Gasteiger partial charge in [0.15, 0.2) is 5.97 Å². The van der Waals surface area contributed by atoms with Crippen LogP contribution in [0.1, 0.15) is 6.92 Å². The number of carbonyl (C=O) groups excluding carboxylic acids is 2. The number of carbonyl (C=O) groups is 2. The molecule has 3 nitrogen and oxygen atoms in total. The largest absolute Gasteiger partial charge is 0.421 e. The molecule has 0 bridgehead atoms. The van der Waals surface area contributed by atoms with E-state index in [0.29, 0.717) is 0 Å². The molecule has 0 radical (unpaired) electrons. The van der Waals surface area contributed by atoms with E-state index in [4.69, 9.17) is 0 Å². The Morgan fingerprint density at radius 3 is 1.88 bits per heavy atom. The van der Waals surface area contributed by atoms with E-state index in [2.05, 4.69) is 11.7 Å². The molecule has 0 saturated heterocycles. The standard InChI is InChI=1S/C4H5O3.Zn/c1-3(5)7-4(2)6;/h1H2,2H3;/q-1;. The minimum Gasteiger partial charge on any atom is -0.421 e. The second-order valence-corrected chi connectivity index (χ2v) is 0.966. The summed E-state index contributed by atoms with van der Waals surface area (Å²) in [6, 6.07) is 0. The number of esters is 2. The van der Waals surface area contributed by atoms with E-state index in [9.17, 15) is 9.59 Å². The van der Waals surface area contributed by atoms with Gasteiger partial charge < -0.3 is 4.74 Å². The molecule has 0 amide bonds. The third-order valence-electron chi connectivity index (χ3n) is 0.258. The molecule has 8 heavy (non-hydrogen) atoms. The summed E-state index contributed by atoms with van der Waals surface area (Å²) < 4.78 is 3.86. The van der Waals surface area contributed by atoms with Gasteiger partial charge in [-0.25, -0.2) is 0 Å². The summed E-state index contributed by atoms with van der Waals surface area (Å²) in [5.41, 5.74) is 0. The fourth-order valence-corrected chi connectivity index (χ4v) is 0.160. The third-order valence-corrected chi connectivity index (χ3v) is 0.258. The van der Waals surface area contributed by atoms with Crippen molar-refractivity contribution < 1.29 is 33.8 Å². The van der Waals surface area contributed by atoms with Gasteiger partial charge in [0.25, 0.3) is 0 Å². The summed E-state index contributed by atoms with van der Waals surface area (Å²) in [6.07, 6.45) is 0. The SMILES string of the molecule is [CH2-]C(=O)OC(C)=O.[Zn]. The first-order valence-corrected chi connectivity index (χ1v) is 1.67. The molecule has 42 valence electrons. The van der Waals surface area contributed by atoms with Crippen molar-refractivity contribution in [3.63, 3.8) is 0 Å². The van der Waals surface area contributed by atoms with Gasteiger partial charge in [-0.15, -0.1) is 0 Å². The van der Waals surface area contributed by atoms with Crippen LogP contribution in [0.4, 0.5) is 0 Å². The van der Waals surface area contributed by atoms with Crippen LogP contribution < -0.4 is 0 Å². The van der Waals surface area contributed by atoms with Crippen LogP contribution in [0.15, 0.2) is 0 Å². The van der Waals surface area contributed by atoms with Gasteiger partial charge in [-0.2, -0.15) is 0 Å². The Hall–Kier alpha value is -0.367. The van der Waals surface area contributed by atoms with Gasteiger partial charge >= 0.3 is 5.97 Å². The maximum absolute atomic E-state index is 9.77. The summed E-state index contributed by atoms with van der Waals surface area (Å²) in [5, 5.41) is 0. The zero-order valence-corrected chi connectivity index (χ0v) is 7.61. The summed E-state index contributed by atoms with van der Waals surface area (Å²) in [6.45, 7) is 3.94. The van der Waals surface area contributed by atoms with Crippen LogP contribution >= 0.6 is 0 Å². The molecule has 0 heterocycles. The molecule has 0 aromatic rings. The molecule has 4 heteroatoms. The van der Waals surface area contributed by atoms with Crippen LogP contribution in [0.3, 0.4) is 0 Å². The van der Waals surface area contributed by atoms with E-state index in [1.165, 1.54) is 0 Å². The molecule has 0 aliphatic carbocycles. The molecule has 0 rings (SSSR count). The maximum atomic E-state index is 9.77. The van der Waals surface area contributed by atoms with Crippen LogP contribution in [0, 0.1) is 6.92 Å². The van der Waals surface area contributed by atoms with Gasteiger partial charge in [0.1, 0.15) is 0 Å². The molecular weight excluding hydrogens is 161 g/mol. The molecule has 0 saturated carbocycles. The molecule has 0 fully saturated rings. The molecule has 0 atom stereocenters. The van der Waals surface area contributed by atoms with Gasteiger partial charge in [0, 0.05) is 26.4 Å². The molecule has 0 N–H and O–H groups in total. The van der Waals surface area contributed by atoms with Gasteiger partial charge in [-0.3, -0.25) is 16.5 Å².